The molecular weight excluding hydrogens is 589 g/mol. The lowest BCUT2D eigenvalue weighted by molar-refractivity contribution is 0.600. The summed E-state index contributed by atoms with van der Waals surface area (Å²) < 4.78 is 6.26. The predicted octanol–water partition coefficient (Wildman–Crippen LogP) is 10.8. The van der Waals surface area contributed by atoms with Gasteiger partial charge in [-0.15, -0.1) is 0 Å². The first kappa shape index (κ1) is 28.1. The molecule has 5 heteroatoms. The minimum atomic E-state index is 0.0412. The summed E-state index contributed by atoms with van der Waals surface area (Å²) in [5, 5.41) is 4.44. The van der Waals surface area contributed by atoms with Crippen LogP contribution in [0.15, 0.2) is 156 Å². The van der Waals surface area contributed by atoms with Crippen LogP contribution in [0.25, 0.3) is 78.0 Å². The SMILES string of the molecule is CC1C=CC=CC1c1nc(-c2ccccc2)nc(-c2ccc3ccccc3c2-c2ccc(-c3nc4ccccc4o3)c3ccccc23)n1. The maximum absolute atomic E-state index is 6.26. The molecule has 9 rings (SSSR count). The summed E-state index contributed by atoms with van der Waals surface area (Å²) in [7, 11) is 0. The molecular formula is C43H30N4O. The number of aromatic nitrogens is 4. The second-order valence-electron chi connectivity index (χ2n) is 12.3. The largest absolute Gasteiger partial charge is 0.436 e. The van der Waals surface area contributed by atoms with E-state index in [4.69, 9.17) is 24.4 Å². The molecule has 0 aliphatic heterocycles. The molecule has 5 nitrogen and oxygen atoms in total. The number of allylic oxidation sites excluding steroid dienone is 4. The van der Waals surface area contributed by atoms with Crippen molar-refractivity contribution in [3.8, 4) is 45.4 Å². The molecule has 0 N–H and O–H groups in total. The molecule has 48 heavy (non-hydrogen) atoms. The van der Waals surface area contributed by atoms with Crippen LogP contribution in [0.1, 0.15) is 18.7 Å². The normalized spacial score (nSPS) is 15.9. The van der Waals surface area contributed by atoms with Gasteiger partial charge in [0.25, 0.3) is 0 Å². The van der Waals surface area contributed by atoms with Crippen LogP contribution in [0.5, 0.6) is 0 Å². The van der Waals surface area contributed by atoms with Gasteiger partial charge in [-0.1, -0.05) is 134 Å². The minimum Gasteiger partial charge on any atom is -0.436 e. The fourth-order valence-corrected chi connectivity index (χ4v) is 6.86. The van der Waals surface area contributed by atoms with Gasteiger partial charge >= 0.3 is 0 Å². The second-order valence-corrected chi connectivity index (χ2v) is 12.3. The molecule has 0 bridgehead atoms. The Balaban J connectivity index is 1.31. The lowest BCUT2D eigenvalue weighted by atomic mass is 9.88. The van der Waals surface area contributed by atoms with Crippen molar-refractivity contribution in [2.24, 2.45) is 5.92 Å². The number of rotatable bonds is 5. The Bertz CT molecular complexity index is 2510. The number of benzene rings is 6. The van der Waals surface area contributed by atoms with E-state index < -0.39 is 0 Å². The number of nitrogens with zero attached hydrogens (tertiary/aromatic N) is 4. The third-order valence-electron chi connectivity index (χ3n) is 9.28. The standard InChI is InChI=1S/C43H30N4O/c1-27-13-5-7-17-30(27)41-45-40(29-15-3-2-4-16-29)46-42(47-41)36-24-23-28-14-6-8-18-31(28)39(36)34-25-26-35(33-20-10-9-19-32(33)34)43-44-37-21-11-12-22-38(37)48-43/h2-27,30H,1H3. The smallest absolute Gasteiger partial charge is 0.227 e. The second kappa shape index (κ2) is 11.6. The molecule has 2 atom stereocenters. The van der Waals surface area contributed by atoms with Crippen molar-refractivity contribution in [3.63, 3.8) is 0 Å². The van der Waals surface area contributed by atoms with Gasteiger partial charge in [0.05, 0.1) is 0 Å². The Morgan fingerprint density at radius 3 is 2.02 bits per heavy atom. The maximum Gasteiger partial charge on any atom is 0.227 e. The first-order valence-electron chi connectivity index (χ1n) is 16.3. The molecule has 0 radical (unpaired) electrons. The van der Waals surface area contributed by atoms with Crippen molar-refractivity contribution < 1.29 is 4.42 Å². The van der Waals surface area contributed by atoms with Crippen molar-refractivity contribution in [1.82, 2.24) is 19.9 Å². The van der Waals surface area contributed by atoms with Crippen LogP contribution in [0.4, 0.5) is 0 Å². The van der Waals surface area contributed by atoms with Gasteiger partial charge in [-0.05, 0) is 57.3 Å². The Morgan fingerprint density at radius 1 is 0.521 bits per heavy atom. The fraction of sp³-hybridized carbons (Fsp3) is 0.0698. The molecule has 2 heterocycles. The van der Waals surface area contributed by atoms with Crippen LogP contribution in [0.2, 0.25) is 0 Å². The molecule has 0 amide bonds. The maximum atomic E-state index is 6.26. The molecule has 1 aliphatic rings. The Hall–Kier alpha value is -6.20. The van der Waals surface area contributed by atoms with Gasteiger partial charge in [-0.3, -0.25) is 0 Å². The van der Waals surface area contributed by atoms with Gasteiger partial charge in [0.15, 0.2) is 17.2 Å². The lowest BCUT2D eigenvalue weighted by Crippen LogP contribution is -2.13. The molecule has 6 aromatic carbocycles. The topological polar surface area (TPSA) is 64.7 Å². The Labute approximate surface area is 278 Å². The van der Waals surface area contributed by atoms with Gasteiger partial charge in [0, 0.05) is 28.2 Å². The molecule has 1 aliphatic carbocycles. The van der Waals surface area contributed by atoms with Gasteiger partial charge < -0.3 is 4.42 Å². The average molecular weight is 619 g/mol. The number of para-hydroxylation sites is 2. The summed E-state index contributed by atoms with van der Waals surface area (Å²) in [6.45, 7) is 2.21. The first-order chi connectivity index (χ1) is 23.7. The Morgan fingerprint density at radius 2 is 1.19 bits per heavy atom. The summed E-state index contributed by atoms with van der Waals surface area (Å²) >= 11 is 0. The number of hydrogen-bond donors (Lipinski definition) is 0. The van der Waals surface area contributed by atoms with E-state index in [2.05, 4.69) is 116 Å². The predicted molar refractivity (Wildman–Crippen MR) is 194 cm³/mol. The molecule has 228 valence electrons. The van der Waals surface area contributed by atoms with Gasteiger partial charge in [-0.2, -0.15) is 0 Å². The molecule has 0 fully saturated rings. The van der Waals surface area contributed by atoms with Crippen molar-refractivity contribution in [2.75, 3.05) is 0 Å². The highest BCUT2D eigenvalue weighted by molar-refractivity contribution is 6.12. The summed E-state index contributed by atoms with van der Waals surface area (Å²) in [6, 6.07) is 43.7. The van der Waals surface area contributed by atoms with E-state index in [-0.39, 0.29) is 11.8 Å². The van der Waals surface area contributed by atoms with Crippen LogP contribution < -0.4 is 0 Å². The van der Waals surface area contributed by atoms with E-state index in [0.717, 1.165) is 66.3 Å². The summed E-state index contributed by atoms with van der Waals surface area (Å²) in [4.78, 5) is 20.3. The highest BCUT2D eigenvalue weighted by Gasteiger charge is 2.24. The van der Waals surface area contributed by atoms with E-state index in [9.17, 15) is 0 Å². The van der Waals surface area contributed by atoms with Crippen molar-refractivity contribution in [3.05, 3.63) is 158 Å². The molecule has 8 aromatic rings. The van der Waals surface area contributed by atoms with E-state index in [1.165, 1.54) is 0 Å². The summed E-state index contributed by atoms with van der Waals surface area (Å²) in [5.41, 5.74) is 6.65. The molecule has 0 saturated heterocycles. The minimum absolute atomic E-state index is 0.0412. The third kappa shape index (κ3) is 4.79. The summed E-state index contributed by atoms with van der Waals surface area (Å²) in [5.74, 6) is 2.99. The summed E-state index contributed by atoms with van der Waals surface area (Å²) in [6.07, 6.45) is 8.58. The average Bonchev–Trinajstić information content (AvgIpc) is 3.59. The molecule has 2 unspecified atom stereocenters. The number of hydrogen-bond acceptors (Lipinski definition) is 5. The van der Waals surface area contributed by atoms with Crippen molar-refractivity contribution in [2.45, 2.75) is 12.8 Å². The van der Waals surface area contributed by atoms with E-state index >= 15 is 0 Å². The highest BCUT2D eigenvalue weighted by Crippen LogP contribution is 2.43. The van der Waals surface area contributed by atoms with Crippen LogP contribution in [0, 0.1) is 5.92 Å². The number of oxazole rings is 1. The third-order valence-corrected chi connectivity index (χ3v) is 9.28. The zero-order valence-electron chi connectivity index (χ0n) is 26.3. The van der Waals surface area contributed by atoms with Crippen LogP contribution >= 0.6 is 0 Å². The zero-order chi connectivity index (χ0) is 32.0. The molecule has 0 saturated carbocycles. The molecule has 2 aromatic heterocycles. The van der Waals surface area contributed by atoms with E-state index in [0.29, 0.717) is 17.5 Å². The first-order valence-corrected chi connectivity index (χ1v) is 16.3. The zero-order valence-corrected chi connectivity index (χ0v) is 26.3. The van der Waals surface area contributed by atoms with Crippen LogP contribution in [-0.2, 0) is 0 Å². The number of fused-ring (bicyclic) bond motifs is 3. The fourth-order valence-electron chi connectivity index (χ4n) is 6.86. The van der Waals surface area contributed by atoms with Gasteiger partial charge in [0.1, 0.15) is 11.3 Å². The quantitative estimate of drug-likeness (QED) is 0.192. The van der Waals surface area contributed by atoms with Crippen molar-refractivity contribution >= 4 is 32.6 Å². The van der Waals surface area contributed by atoms with E-state index in [1.807, 2.05) is 42.5 Å². The van der Waals surface area contributed by atoms with Gasteiger partial charge in [0.2, 0.25) is 5.89 Å². The van der Waals surface area contributed by atoms with E-state index in [1.54, 1.807) is 0 Å². The van der Waals surface area contributed by atoms with Crippen molar-refractivity contribution in [1.29, 1.82) is 0 Å². The van der Waals surface area contributed by atoms with Gasteiger partial charge in [-0.25, -0.2) is 19.9 Å². The Kier molecular flexibility index (Phi) is 6.75. The van der Waals surface area contributed by atoms with Crippen LogP contribution in [0.3, 0.4) is 0 Å². The van der Waals surface area contributed by atoms with Crippen LogP contribution in [-0.4, -0.2) is 19.9 Å². The molecule has 0 spiro atoms. The lowest BCUT2D eigenvalue weighted by Gasteiger charge is -2.21. The highest BCUT2D eigenvalue weighted by atomic mass is 16.3. The monoisotopic (exact) mass is 618 g/mol.